The molecule has 1 unspecified atom stereocenters. The Bertz CT molecular complexity index is 450. The van der Waals surface area contributed by atoms with Crippen molar-refractivity contribution in [1.29, 1.82) is 0 Å². The lowest BCUT2D eigenvalue weighted by molar-refractivity contribution is -0.121. The van der Waals surface area contributed by atoms with Crippen LogP contribution in [0.5, 0.6) is 0 Å². The zero-order chi connectivity index (χ0) is 15.0. The van der Waals surface area contributed by atoms with Crippen LogP contribution in [0.4, 0.5) is 5.13 Å². The van der Waals surface area contributed by atoms with E-state index in [0.717, 1.165) is 0 Å². The van der Waals surface area contributed by atoms with Crippen LogP contribution in [-0.2, 0) is 14.3 Å². The molecule has 0 aliphatic rings. The van der Waals surface area contributed by atoms with Gasteiger partial charge in [0.15, 0.2) is 10.8 Å². The van der Waals surface area contributed by atoms with Crippen LogP contribution in [0, 0.1) is 0 Å². The number of amides is 1. The van der Waals surface area contributed by atoms with Gasteiger partial charge in [-0.05, 0) is 13.8 Å². The lowest BCUT2D eigenvalue weighted by Gasteiger charge is -2.12. The van der Waals surface area contributed by atoms with Gasteiger partial charge in [-0.25, -0.2) is 9.78 Å². The van der Waals surface area contributed by atoms with Crippen LogP contribution in [0.15, 0.2) is 5.38 Å². The number of hydrogen-bond donors (Lipinski definition) is 2. The molecule has 0 radical (unpaired) electrons. The maximum atomic E-state index is 11.7. The van der Waals surface area contributed by atoms with Crippen molar-refractivity contribution in [1.82, 2.24) is 10.3 Å². The Morgan fingerprint density at radius 2 is 2.25 bits per heavy atom. The van der Waals surface area contributed by atoms with Gasteiger partial charge in [-0.1, -0.05) is 0 Å². The predicted molar refractivity (Wildman–Crippen MR) is 76.0 cm³/mol. The number of hydrogen-bond acceptors (Lipinski definition) is 7. The Morgan fingerprint density at radius 1 is 1.50 bits per heavy atom. The number of ether oxygens (including phenoxy) is 2. The second-order valence-corrected chi connectivity index (χ2v) is 4.77. The molecule has 1 rings (SSSR count). The van der Waals surface area contributed by atoms with Gasteiger partial charge in [0.2, 0.25) is 5.91 Å². The molecule has 1 aromatic rings. The minimum Gasteiger partial charge on any atom is -0.461 e. The van der Waals surface area contributed by atoms with Gasteiger partial charge in [0.25, 0.3) is 0 Å². The van der Waals surface area contributed by atoms with Gasteiger partial charge in [0.05, 0.1) is 13.2 Å². The van der Waals surface area contributed by atoms with E-state index in [1.807, 2.05) is 0 Å². The number of aromatic nitrogens is 1. The highest BCUT2D eigenvalue weighted by molar-refractivity contribution is 7.13. The van der Waals surface area contributed by atoms with Crippen molar-refractivity contribution in [2.24, 2.45) is 0 Å². The zero-order valence-electron chi connectivity index (χ0n) is 11.8. The summed E-state index contributed by atoms with van der Waals surface area (Å²) in [7, 11) is 1.57. The minimum atomic E-state index is -0.464. The first-order valence-corrected chi connectivity index (χ1v) is 7.12. The van der Waals surface area contributed by atoms with Crippen LogP contribution in [0.3, 0.4) is 0 Å². The Kier molecular flexibility index (Phi) is 6.96. The molecule has 0 aliphatic carbocycles. The van der Waals surface area contributed by atoms with Crippen molar-refractivity contribution < 1.29 is 19.1 Å². The average Bonchev–Trinajstić information content (AvgIpc) is 2.87. The number of carbonyl (C=O) groups is 2. The fourth-order valence-corrected chi connectivity index (χ4v) is 2.09. The lowest BCUT2D eigenvalue weighted by Crippen LogP contribution is -2.39. The normalized spacial score (nSPS) is 11.8. The van der Waals surface area contributed by atoms with Crippen LogP contribution < -0.4 is 10.6 Å². The molecule has 0 saturated carbocycles. The Labute approximate surface area is 121 Å². The highest BCUT2D eigenvalue weighted by Gasteiger charge is 2.16. The molecule has 0 aromatic carbocycles. The molecule has 0 spiro atoms. The van der Waals surface area contributed by atoms with E-state index >= 15 is 0 Å². The number of esters is 1. The molecule has 1 atom stereocenters. The van der Waals surface area contributed by atoms with E-state index in [1.165, 1.54) is 11.3 Å². The topological polar surface area (TPSA) is 89.5 Å². The standard InChI is InChI=1S/C12H19N3O4S/c1-4-19-11(17)9-7-20-12(15-9)14-8(2)10(16)13-5-6-18-3/h7-8H,4-6H2,1-3H3,(H,13,16)(H,14,15). The van der Waals surface area contributed by atoms with Gasteiger partial charge in [-0.2, -0.15) is 0 Å². The van der Waals surface area contributed by atoms with Crippen molar-refractivity contribution in [2.45, 2.75) is 19.9 Å². The number of thiazole rings is 1. The number of nitrogens with zero attached hydrogens (tertiary/aromatic N) is 1. The first kappa shape index (κ1) is 16.4. The zero-order valence-corrected chi connectivity index (χ0v) is 12.6. The summed E-state index contributed by atoms with van der Waals surface area (Å²) in [6.07, 6.45) is 0. The molecule has 0 saturated heterocycles. The summed E-state index contributed by atoms with van der Waals surface area (Å²) in [5.41, 5.74) is 0.242. The second-order valence-electron chi connectivity index (χ2n) is 3.91. The Balaban J connectivity index is 2.47. The van der Waals surface area contributed by atoms with E-state index in [0.29, 0.717) is 24.9 Å². The smallest absolute Gasteiger partial charge is 0.357 e. The molecule has 112 valence electrons. The highest BCUT2D eigenvalue weighted by atomic mass is 32.1. The molecule has 0 aliphatic heterocycles. The quantitative estimate of drug-likeness (QED) is 0.547. The van der Waals surface area contributed by atoms with Gasteiger partial charge >= 0.3 is 5.97 Å². The van der Waals surface area contributed by atoms with E-state index < -0.39 is 12.0 Å². The summed E-state index contributed by atoms with van der Waals surface area (Å²) in [6.45, 7) is 4.66. The Morgan fingerprint density at radius 3 is 2.90 bits per heavy atom. The third-order valence-corrected chi connectivity index (χ3v) is 3.10. The summed E-state index contributed by atoms with van der Waals surface area (Å²) in [5.74, 6) is -0.621. The molecule has 0 fully saturated rings. The van der Waals surface area contributed by atoms with Gasteiger partial charge in [0, 0.05) is 19.0 Å². The summed E-state index contributed by atoms with van der Waals surface area (Å²) < 4.78 is 9.69. The van der Waals surface area contributed by atoms with Gasteiger partial charge in [0.1, 0.15) is 6.04 Å². The van der Waals surface area contributed by atoms with E-state index in [9.17, 15) is 9.59 Å². The number of carbonyl (C=O) groups excluding carboxylic acids is 2. The van der Waals surface area contributed by atoms with Crippen molar-refractivity contribution in [3.8, 4) is 0 Å². The molecule has 0 bridgehead atoms. The molecule has 1 heterocycles. The summed E-state index contributed by atoms with van der Waals surface area (Å²) in [6, 6.07) is -0.451. The third-order valence-electron chi connectivity index (χ3n) is 2.33. The van der Waals surface area contributed by atoms with E-state index in [2.05, 4.69) is 15.6 Å². The molecule has 7 nitrogen and oxygen atoms in total. The number of rotatable bonds is 8. The molecule has 2 N–H and O–H groups in total. The third kappa shape index (κ3) is 5.14. The fraction of sp³-hybridized carbons (Fsp3) is 0.583. The maximum absolute atomic E-state index is 11.7. The summed E-state index contributed by atoms with van der Waals surface area (Å²) in [5, 5.41) is 7.74. The van der Waals surface area contributed by atoms with E-state index in [4.69, 9.17) is 9.47 Å². The molecule has 1 amide bonds. The SMILES string of the molecule is CCOC(=O)c1csc(NC(C)C(=O)NCCOC)n1. The molecule has 1 aromatic heterocycles. The van der Waals surface area contributed by atoms with Crippen molar-refractivity contribution in [3.05, 3.63) is 11.1 Å². The number of anilines is 1. The summed E-state index contributed by atoms with van der Waals surface area (Å²) in [4.78, 5) is 27.3. The molecule has 8 heteroatoms. The van der Waals surface area contributed by atoms with Crippen LogP contribution in [0.25, 0.3) is 0 Å². The van der Waals surface area contributed by atoms with Crippen molar-refractivity contribution >= 4 is 28.3 Å². The van der Waals surface area contributed by atoms with E-state index in [1.54, 1.807) is 26.3 Å². The average molecular weight is 301 g/mol. The van der Waals surface area contributed by atoms with Crippen LogP contribution in [0.2, 0.25) is 0 Å². The van der Waals surface area contributed by atoms with Crippen molar-refractivity contribution in [3.63, 3.8) is 0 Å². The van der Waals surface area contributed by atoms with Gasteiger partial charge in [-0.3, -0.25) is 4.79 Å². The van der Waals surface area contributed by atoms with E-state index in [-0.39, 0.29) is 11.6 Å². The van der Waals surface area contributed by atoms with Crippen LogP contribution in [0.1, 0.15) is 24.3 Å². The molecular formula is C12H19N3O4S. The molecular weight excluding hydrogens is 282 g/mol. The number of nitrogens with one attached hydrogen (secondary N) is 2. The largest absolute Gasteiger partial charge is 0.461 e. The Hall–Kier alpha value is -1.67. The summed E-state index contributed by atoms with van der Waals surface area (Å²) >= 11 is 1.25. The number of methoxy groups -OCH3 is 1. The lowest BCUT2D eigenvalue weighted by atomic mass is 10.3. The fourth-order valence-electron chi connectivity index (χ4n) is 1.32. The van der Waals surface area contributed by atoms with Gasteiger partial charge < -0.3 is 20.1 Å². The second kappa shape index (κ2) is 8.49. The predicted octanol–water partition coefficient (Wildman–Crippen LogP) is 0.883. The maximum Gasteiger partial charge on any atom is 0.357 e. The minimum absolute atomic E-state index is 0.157. The van der Waals surface area contributed by atoms with Crippen LogP contribution in [-0.4, -0.2) is 49.8 Å². The first-order valence-electron chi connectivity index (χ1n) is 6.24. The first-order chi connectivity index (χ1) is 9.58. The van der Waals surface area contributed by atoms with Crippen molar-refractivity contribution in [2.75, 3.05) is 32.2 Å². The molecule has 20 heavy (non-hydrogen) atoms. The van der Waals surface area contributed by atoms with Gasteiger partial charge in [-0.15, -0.1) is 11.3 Å². The van der Waals surface area contributed by atoms with Crippen LogP contribution >= 0.6 is 11.3 Å². The monoisotopic (exact) mass is 301 g/mol. The highest BCUT2D eigenvalue weighted by Crippen LogP contribution is 2.17.